The smallest absolute Gasteiger partial charge is 0.143 e. The molecule has 21 heavy (non-hydrogen) atoms. The van der Waals surface area contributed by atoms with Gasteiger partial charge in [-0.05, 0) is 30.3 Å². The third-order valence-corrected chi connectivity index (χ3v) is 4.69. The van der Waals surface area contributed by atoms with Gasteiger partial charge in [0.1, 0.15) is 5.01 Å². The summed E-state index contributed by atoms with van der Waals surface area (Å²) >= 11 is 1.69. The van der Waals surface area contributed by atoms with E-state index in [-0.39, 0.29) is 0 Å². The van der Waals surface area contributed by atoms with Gasteiger partial charge in [-0.2, -0.15) is 0 Å². The monoisotopic (exact) mass is 297 g/mol. The third-order valence-electron chi connectivity index (χ3n) is 3.63. The summed E-state index contributed by atoms with van der Waals surface area (Å²) in [6, 6.07) is 12.4. The van der Waals surface area contributed by atoms with Crippen LogP contribution in [0.4, 0.5) is 5.69 Å². The number of fused-ring (bicyclic) bond motifs is 1. The highest BCUT2D eigenvalue weighted by atomic mass is 32.1. The lowest BCUT2D eigenvalue weighted by Crippen LogP contribution is -2.36. The minimum Gasteiger partial charge on any atom is -0.378 e. The zero-order chi connectivity index (χ0) is 14.1. The lowest BCUT2D eigenvalue weighted by molar-refractivity contribution is 0.122. The fourth-order valence-electron chi connectivity index (χ4n) is 2.53. The van der Waals surface area contributed by atoms with Crippen molar-refractivity contribution in [2.45, 2.75) is 0 Å². The lowest BCUT2D eigenvalue weighted by atomic mass is 10.2. The standard InChI is InChI=1S/C16H15N3OS/c1-2-6-17-13(3-1)16-18-14-11-12(4-5-15(14)21-16)19-7-9-20-10-8-19/h1-6,11H,7-10H2. The first-order valence-electron chi connectivity index (χ1n) is 7.05. The van der Waals surface area contributed by atoms with Gasteiger partial charge in [0.05, 0.1) is 29.1 Å². The number of aromatic nitrogens is 2. The molecule has 0 saturated carbocycles. The molecule has 0 amide bonds. The molecule has 0 aliphatic carbocycles. The van der Waals surface area contributed by atoms with Gasteiger partial charge in [-0.1, -0.05) is 6.07 Å². The van der Waals surface area contributed by atoms with Gasteiger partial charge in [-0.25, -0.2) is 4.98 Å². The number of hydrogen-bond acceptors (Lipinski definition) is 5. The average molecular weight is 297 g/mol. The van der Waals surface area contributed by atoms with Crippen molar-refractivity contribution >= 4 is 27.2 Å². The Balaban J connectivity index is 1.71. The van der Waals surface area contributed by atoms with Gasteiger partial charge in [0.15, 0.2) is 0 Å². The Morgan fingerprint density at radius 3 is 2.81 bits per heavy atom. The second-order valence-electron chi connectivity index (χ2n) is 4.99. The molecule has 1 saturated heterocycles. The highest BCUT2D eigenvalue weighted by Gasteiger charge is 2.13. The Labute approximate surface area is 127 Å². The Morgan fingerprint density at radius 2 is 2.00 bits per heavy atom. The maximum atomic E-state index is 5.41. The number of thiazole rings is 1. The molecule has 1 aliphatic rings. The summed E-state index contributed by atoms with van der Waals surface area (Å²) in [5, 5.41) is 0.977. The van der Waals surface area contributed by atoms with Crippen LogP contribution in [0.2, 0.25) is 0 Å². The van der Waals surface area contributed by atoms with Crippen molar-refractivity contribution in [3.63, 3.8) is 0 Å². The molecule has 2 aromatic heterocycles. The van der Waals surface area contributed by atoms with E-state index in [2.05, 4.69) is 28.1 Å². The number of pyridine rings is 1. The molecule has 3 heterocycles. The fraction of sp³-hybridized carbons (Fsp3) is 0.250. The molecule has 4 rings (SSSR count). The second-order valence-corrected chi connectivity index (χ2v) is 6.02. The Bertz CT molecular complexity index is 751. The fourth-order valence-corrected chi connectivity index (χ4v) is 3.46. The van der Waals surface area contributed by atoms with Crippen LogP contribution in [0.25, 0.3) is 20.9 Å². The van der Waals surface area contributed by atoms with Crippen LogP contribution in [0.5, 0.6) is 0 Å². The van der Waals surface area contributed by atoms with Crippen molar-refractivity contribution < 1.29 is 4.74 Å². The van der Waals surface area contributed by atoms with Crippen LogP contribution in [-0.2, 0) is 4.74 Å². The summed E-state index contributed by atoms with van der Waals surface area (Å²) in [6.07, 6.45) is 1.81. The van der Waals surface area contributed by atoms with E-state index in [1.54, 1.807) is 17.5 Å². The molecule has 1 aromatic carbocycles. The van der Waals surface area contributed by atoms with Gasteiger partial charge in [0.2, 0.25) is 0 Å². The molecule has 5 heteroatoms. The number of anilines is 1. The number of hydrogen-bond donors (Lipinski definition) is 0. The maximum absolute atomic E-state index is 5.41. The van der Waals surface area contributed by atoms with Crippen molar-refractivity contribution in [1.29, 1.82) is 0 Å². The lowest BCUT2D eigenvalue weighted by Gasteiger charge is -2.28. The van der Waals surface area contributed by atoms with Crippen molar-refractivity contribution in [3.8, 4) is 10.7 Å². The van der Waals surface area contributed by atoms with E-state index in [0.717, 1.165) is 42.5 Å². The second kappa shape index (κ2) is 5.42. The highest BCUT2D eigenvalue weighted by Crippen LogP contribution is 2.31. The van der Waals surface area contributed by atoms with Gasteiger partial charge in [-0.3, -0.25) is 4.98 Å². The quantitative estimate of drug-likeness (QED) is 0.728. The molecule has 4 nitrogen and oxygen atoms in total. The van der Waals surface area contributed by atoms with Crippen molar-refractivity contribution in [2.24, 2.45) is 0 Å². The molecule has 106 valence electrons. The van der Waals surface area contributed by atoms with Crippen LogP contribution in [-0.4, -0.2) is 36.3 Å². The summed E-state index contributed by atoms with van der Waals surface area (Å²) < 4.78 is 6.61. The predicted molar refractivity (Wildman–Crippen MR) is 85.9 cm³/mol. The van der Waals surface area contributed by atoms with E-state index in [9.17, 15) is 0 Å². The van der Waals surface area contributed by atoms with Crippen LogP contribution in [0.1, 0.15) is 0 Å². The molecular weight excluding hydrogens is 282 g/mol. The molecule has 1 fully saturated rings. The van der Waals surface area contributed by atoms with E-state index in [1.165, 1.54) is 10.4 Å². The van der Waals surface area contributed by atoms with Crippen LogP contribution >= 0.6 is 11.3 Å². The summed E-state index contributed by atoms with van der Waals surface area (Å²) in [6.45, 7) is 3.49. The number of benzene rings is 1. The highest BCUT2D eigenvalue weighted by molar-refractivity contribution is 7.21. The van der Waals surface area contributed by atoms with Crippen LogP contribution < -0.4 is 4.90 Å². The van der Waals surface area contributed by atoms with Gasteiger partial charge in [0, 0.05) is 25.0 Å². The average Bonchev–Trinajstić information content (AvgIpc) is 2.99. The van der Waals surface area contributed by atoms with E-state index in [1.807, 2.05) is 18.2 Å². The molecule has 1 aliphatic heterocycles. The summed E-state index contributed by atoms with van der Waals surface area (Å²) in [5.74, 6) is 0. The summed E-state index contributed by atoms with van der Waals surface area (Å²) in [4.78, 5) is 11.5. The van der Waals surface area contributed by atoms with E-state index < -0.39 is 0 Å². The first-order chi connectivity index (χ1) is 10.4. The number of morpholine rings is 1. The molecule has 0 N–H and O–H groups in total. The Morgan fingerprint density at radius 1 is 1.10 bits per heavy atom. The Kier molecular flexibility index (Phi) is 3.29. The normalized spacial score (nSPS) is 15.5. The van der Waals surface area contributed by atoms with E-state index >= 15 is 0 Å². The zero-order valence-electron chi connectivity index (χ0n) is 11.5. The number of ether oxygens (including phenoxy) is 1. The first-order valence-corrected chi connectivity index (χ1v) is 7.86. The molecule has 0 bridgehead atoms. The summed E-state index contributed by atoms with van der Waals surface area (Å²) in [7, 11) is 0. The predicted octanol–water partition coefficient (Wildman–Crippen LogP) is 3.19. The largest absolute Gasteiger partial charge is 0.378 e. The van der Waals surface area contributed by atoms with Crippen molar-refractivity contribution in [3.05, 3.63) is 42.6 Å². The zero-order valence-corrected chi connectivity index (χ0v) is 12.3. The topological polar surface area (TPSA) is 38.2 Å². The molecule has 0 spiro atoms. The minimum atomic E-state index is 0.800. The van der Waals surface area contributed by atoms with E-state index in [4.69, 9.17) is 9.72 Å². The number of nitrogens with zero attached hydrogens (tertiary/aromatic N) is 3. The molecular formula is C16H15N3OS. The molecule has 0 atom stereocenters. The first kappa shape index (κ1) is 12.7. The molecule has 0 radical (unpaired) electrons. The van der Waals surface area contributed by atoms with Gasteiger partial charge >= 0.3 is 0 Å². The van der Waals surface area contributed by atoms with Crippen LogP contribution in [0, 0.1) is 0 Å². The van der Waals surface area contributed by atoms with E-state index in [0.29, 0.717) is 0 Å². The minimum absolute atomic E-state index is 0.800. The SMILES string of the molecule is c1ccc(-c2nc3cc(N4CCOCC4)ccc3s2)nc1. The van der Waals surface area contributed by atoms with Gasteiger partial charge in [0.25, 0.3) is 0 Å². The van der Waals surface area contributed by atoms with Crippen molar-refractivity contribution in [1.82, 2.24) is 9.97 Å². The molecule has 0 unspecified atom stereocenters. The number of rotatable bonds is 2. The van der Waals surface area contributed by atoms with Gasteiger partial charge in [-0.15, -0.1) is 11.3 Å². The summed E-state index contributed by atoms with van der Waals surface area (Å²) in [5.41, 5.74) is 3.21. The van der Waals surface area contributed by atoms with Crippen LogP contribution in [0.15, 0.2) is 42.6 Å². The van der Waals surface area contributed by atoms with Crippen LogP contribution in [0.3, 0.4) is 0 Å². The third kappa shape index (κ3) is 2.50. The maximum Gasteiger partial charge on any atom is 0.143 e. The van der Waals surface area contributed by atoms with Crippen molar-refractivity contribution in [2.75, 3.05) is 31.2 Å². The Hall–Kier alpha value is -1.98. The van der Waals surface area contributed by atoms with Gasteiger partial charge < -0.3 is 9.64 Å². The molecule has 3 aromatic rings.